The standard InChI is InChI=1S/C53H87N3O17/c1-33-19-15-13-11-9-7-5-6-8-10-12-14-16-20-40(72-52-50(66)47(49(65)36(4)71-52)56(25-17-23-54)26-18-24-55)30-44-46(51(67)68)43(62)32-53(69,73-44)31-42(61)41(60)22-21-37(57)27-38(58)28-39(59)29-45(63)70-35(3)34(2)48(33)64/h5-16,19-20,33-44,46-50,52,57-62,64-66,69H,17-18,21-32,54-55H2,1-4H3,(H,67,68)/b6-5+,9-7+,10-8+,13-11+,14-12+,19-15+,20-16+/t33-,34-,35-,36-,37+,38+,39+,40-,41+,42+,43-,44-,46+,47+,48+,49-,50+,52+,53+/m0/s1. The lowest BCUT2D eigenvalue weighted by molar-refractivity contribution is -0.313. The largest absolute Gasteiger partial charge is 0.481 e. The number of esters is 1. The SMILES string of the molecule is C[C@@H]1[C@H](O)[C@@H](C)/C=C/C=C/C=C/C=C/C=C/C=C/C=C/[C@H](O[C@H]2O[C@@H](C)[C@H](O)[C@@H](N(CCCN)CCCN)[C@H]2O)C[C@@H]2O[C@](O)(C[C@@H](O)[C@H](O)CC[C@@H](O)C[C@@H](O)C[C@@H](O)CC(=O)O[C@H]1C)C[C@H](O)[C@H]2C(=O)O. The number of hydrogen-bond acceptors (Lipinski definition) is 19. The van der Waals surface area contributed by atoms with Crippen molar-refractivity contribution in [3.05, 3.63) is 85.1 Å². The highest BCUT2D eigenvalue weighted by Gasteiger charge is 2.52. The molecule has 0 radical (unpaired) electrons. The Morgan fingerprint density at radius 1 is 0.671 bits per heavy atom. The van der Waals surface area contributed by atoms with Crippen LogP contribution in [0.1, 0.15) is 91.9 Å². The van der Waals surface area contributed by atoms with Crippen LogP contribution in [0.3, 0.4) is 0 Å². The van der Waals surface area contributed by atoms with Crippen LogP contribution in [0.15, 0.2) is 85.1 Å². The molecule has 3 heterocycles. The molecule has 0 saturated carbocycles. The van der Waals surface area contributed by atoms with E-state index in [1.807, 2.05) is 42.2 Å². The van der Waals surface area contributed by atoms with Gasteiger partial charge in [0.25, 0.3) is 0 Å². The first-order chi connectivity index (χ1) is 34.6. The number of cyclic esters (lactones) is 1. The molecule has 73 heavy (non-hydrogen) atoms. The molecule has 0 aliphatic carbocycles. The second-order valence-electron chi connectivity index (χ2n) is 19.8. The minimum Gasteiger partial charge on any atom is -0.481 e. The number of ether oxygens (including phenoxy) is 4. The van der Waals surface area contributed by atoms with Crippen LogP contribution in [-0.2, 0) is 28.5 Å². The zero-order valence-electron chi connectivity index (χ0n) is 42.8. The second-order valence-corrected chi connectivity index (χ2v) is 19.8. The van der Waals surface area contributed by atoms with Gasteiger partial charge in [-0.05, 0) is 78.6 Å². The van der Waals surface area contributed by atoms with E-state index in [2.05, 4.69) is 0 Å². The van der Waals surface area contributed by atoms with Gasteiger partial charge in [0.05, 0.1) is 79.6 Å². The lowest BCUT2D eigenvalue weighted by atomic mass is 9.82. The van der Waals surface area contributed by atoms with Crippen LogP contribution < -0.4 is 11.5 Å². The Labute approximate surface area is 430 Å². The number of carbonyl (C=O) groups excluding carboxylic acids is 1. The number of nitrogens with two attached hydrogens (primary N) is 2. The van der Waals surface area contributed by atoms with Crippen molar-refractivity contribution in [2.45, 2.75) is 189 Å². The monoisotopic (exact) mass is 1040 g/mol. The number of carbonyl (C=O) groups is 2. The van der Waals surface area contributed by atoms with Gasteiger partial charge in [0.15, 0.2) is 12.1 Å². The van der Waals surface area contributed by atoms with Crippen LogP contribution in [0.2, 0.25) is 0 Å². The summed E-state index contributed by atoms with van der Waals surface area (Å²) in [6, 6.07) is -0.869. The van der Waals surface area contributed by atoms with Gasteiger partial charge in [-0.25, -0.2) is 0 Å². The smallest absolute Gasteiger partial charge is 0.311 e. The Morgan fingerprint density at radius 2 is 1.21 bits per heavy atom. The predicted octanol–water partition coefficient (Wildman–Crippen LogP) is 0.753. The maximum absolute atomic E-state index is 12.7. The van der Waals surface area contributed by atoms with Gasteiger partial charge in [-0.1, -0.05) is 98.9 Å². The van der Waals surface area contributed by atoms with Crippen molar-refractivity contribution in [3.63, 3.8) is 0 Å². The predicted molar refractivity (Wildman–Crippen MR) is 272 cm³/mol. The average Bonchev–Trinajstić information content (AvgIpc) is 3.31. The lowest BCUT2D eigenvalue weighted by Crippen LogP contribution is -2.64. The molecule has 0 aromatic carbocycles. The lowest BCUT2D eigenvalue weighted by Gasteiger charge is -2.47. The van der Waals surface area contributed by atoms with Crippen molar-refractivity contribution >= 4 is 11.9 Å². The number of nitrogens with zero attached hydrogens (tertiary/aromatic N) is 1. The molecule has 15 N–H and O–H groups in total. The number of aliphatic hydroxyl groups is 10. The second kappa shape index (κ2) is 32.8. The fourth-order valence-corrected chi connectivity index (χ4v) is 9.33. The molecule has 2 saturated heterocycles. The molecule has 2 fully saturated rings. The number of fused-ring (bicyclic) bond motifs is 2. The van der Waals surface area contributed by atoms with Crippen molar-refractivity contribution in [3.8, 4) is 0 Å². The van der Waals surface area contributed by atoms with Crippen molar-refractivity contribution in [2.24, 2.45) is 29.2 Å². The summed E-state index contributed by atoms with van der Waals surface area (Å²) in [7, 11) is 0. The normalized spacial score (nSPS) is 41.9. The van der Waals surface area contributed by atoms with Gasteiger partial charge < -0.3 is 86.6 Å². The molecule has 0 spiro atoms. The molecule has 0 amide bonds. The average molecular weight is 1040 g/mol. The summed E-state index contributed by atoms with van der Waals surface area (Å²) in [6.45, 7) is 8.43. The summed E-state index contributed by atoms with van der Waals surface area (Å²) in [5.41, 5.74) is 11.6. The maximum atomic E-state index is 12.7. The number of carboxylic acid groups (broad SMARTS) is 1. The van der Waals surface area contributed by atoms with Crippen LogP contribution in [-0.4, -0.2) is 197 Å². The van der Waals surface area contributed by atoms with Crippen molar-refractivity contribution in [1.29, 1.82) is 0 Å². The van der Waals surface area contributed by atoms with Gasteiger partial charge in [-0.2, -0.15) is 0 Å². The summed E-state index contributed by atoms with van der Waals surface area (Å²) in [4.78, 5) is 27.3. The van der Waals surface area contributed by atoms with Crippen molar-refractivity contribution < 1.29 is 84.7 Å². The quantitative estimate of drug-likeness (QED) is 0.134. The third-order valence-electron chi connectivity index (χ3n) is 13.7. The highest BCUT2D eigenvalue weighted by molar-refractivity contribution is 5.71. The van der Waals surface area contributed by atoms with E-state index in [4.69, 9.17) is 30.4 Å². The Morgan fingerprint density at radius 3 is 1.77 bits per heavy atom. The molecule has 3 aliphatic heterocycles. The molecule has 0 aromatic heterocycles. The van der Waals surface area contributed by atoms with Crippen LogP contribution >= 0.6 is 0 Å². The first-order valence-corrected chi connectivity index (χ1v) is 25.7. The van der Waals surface area contributed by atoms with Gasteiger partial charge in [0.2, 0.25) is 0 Å². The molecule has 2 bridgehead atoms. The Kier molecular flexibility index (Phi) is 28.7. The highest BCUT2D eigenvalue weighted by Crippen LogP contribution is 2.38. The summed E-state index contributed by atoms with van der Waals surface area (Å²) in [6.07, 6.45) is 4.86. The molecular formula is C53H87N3O17. The number of rotatable bonds is 10. The molecule has 20 heteroatoms. The van der Waals surface area contributed by atoms with Crippen LogP contribution in [0.5, 0.6) is 0 Å². The number of hydrogen-bond donors (Lipinski definition) is 13. The van der Waals surface area contributed by atoms with E-state index in [9.17, 15) is 65.8 Å². The molecule has 3 aliphatic rings. The third-order valence-corrected chi connectivity index (χ3v) is 13.7. The molecule has 19 atom stereocenters. The van der Waals surface area contributed by atoms with E-state index in [0.717, 1.165) is 0 Å². The maximum Gasteiger partial charge on any atom is 0.311 e. The van der Waals surface area contributed by atoms with Crippen LogP contribution in [0, 0.1) is 17.8 Å². The number of aliphatic hydroxyl groups excluding tert-OH is 9. The van der Waals surface area contributed by atoms with Crippen molar-refractivity contribution in [1.82, 2.24) is 4.90 Å². The number of allylic oxidation sites excluding steroid dienone is 12. The zero-order valence-corrected chi connectivity index (χ0v) is 42.8. The number of carboxylic acids is 1. The van der Waals surface area contributed by atoms with E-state index >= 15 is 0 Å². The summed E-state index contributed by atoms with van der Waals surface area (Å²) in [5, 5.41) is 121. The summed E-state index contributed by atoms with van der Waals surface area (Å²) in [5.74, 6) is -6.92. The first kappa shape index (κ1) is 63.8. The highest BCUT2D eigenvalue weighted by atomic mass is 16.7. The van der Waals surface area contributed by atoms with E-state index < -0.39 is 141 Å². The molecule has 3 rings (SSSR count). The zero-order chi connectivity index (χ0) is 54.3. The van der Waals surface area contributed by atoms with Gasteiger partial charge in [-0.3, -0.25) is 14.5 Å². The first-order valence-electron chi connectivity index (χ1n) is 25.7. The molecule has 20 nitrogen and oxygen atoms in total. The van der Waals surface area contributed by atoms with Crippen LogP contribution in [0.4, 0.5) is 0 Å². The minimum absolute atomic E-state index is 0.145. The summed E-state index contributed by atoms with van der Waals surface area (Å²) >= 11 is 0. The van der Waals surface area contributed by atoms with Gasteiger partial charge in [0, 0.05) is 31.1 Å². The Balaban J connectivity index is 1.94. The third kappa shape index (κ3) is 21.9. The van der Waals surface area contributed by atoms with Gasteiger partial charge in [0.1, 0.15) is 18.1 Å². The molecule has 0 unspecified atom stereocenters. The minimum atomic E-state index is -2.38. The van der Waals surface area contributed by atoms with E-state index in [1.54, 1.807) is 75.5 Å². The fourth-order valence-electron chi connectivity index (χ4n) is 9.33. The Hall–Kier alpha value is -3.52. The summed E-state index contributed by atoms with van der Waals surface area (Å²) < 4.78 is 23.9. The van der Waals surface area contributed by atoms with E-state index in [1.165, 1.54) is 0 Å². The molecular weight excluding hydrogens is 951 g/mol. The van der Waals surface area contributed by atoms with E-state index in [-0.39, 0.29) is 38.0 Å². The van der Waals surface area contributed by atoms with Crippen LogP contribution in [0.25, 0.3) is 0 Å². The topological polar surface area (TPSA) is 349 Å². The molecule has 416 valence electrons. The Bertz CT molecular complexity index is 1820. The van der Waals surface area contributed by atoms with Gasteiger partial charge >= 0.3 is 11.9 Å². The van der Waals surface area contributed by atoms with Crippen molar-refractivity contribution in [2.75, 3.05) is 26.2 Å². The van der Waals surface area contributed by atoms with E-state index in [0.29, 0.717) is 39.0 Å². The number of aliphatic carboxylic acids is 1. The molecule has 0 aromatic rings. The fraction of sp³-hybridized carbons (Fsp3) is 0.698. The van der Waals surface area contributed by atoms with Gasteiger partial charge in [-0.15, -0.1) is 0 Å².